The summed E-state index contributed by atoms with van der Waals surface area (Å²) in [4.78, 5) is 10.7. The number of nitrogens with one attached hydrogen (secondary N) is 1. The molecule has 0 radical (unpaired) electrons. The number of hydrogen-bond donors (Lipinski definition) is 2. The molecule has 0 unspecified atom stereocenters. The van der Waals surface area contributed by atoms with Crippen molar-refractivity contribution in [3.63, 3.8) is 0 Å². The first-order valence-electron chi connectivity index (χ1n) is 7.75. The fourth-order valence-electron chi connectivity index (χ4n) is 2.58. The molecule has 3 N–H and O–H groups in total. The van der Waals surface area contributed by atoms with Crippen LogP contribution in [-0.4, -0.2) is 47.7 Å². The van der Waals surface area contributed by atoms with Gasteiger partial charge in [0.2, 0.25) is 5.88 Å². The Balaban J connectivity index is 1.83. The predicted molar refractivity (Wildman–Crippen MR) is 85.5 cm³/mol. The second-order valence-electron chi connectivity index (χ2n) is 6.07. The van der Waals surface area contributed by atoms with Crippen LogP contribution in [0.5, 0.6) is 5.88 Å². The third kappa shape index (κ3) is 4.74. The van der Waals surface area contributed by atoms with E-state index in [9.17, 15) is 0 Å². The Labute approximate surface area is 127 Å². The van der Waals surface area contributed by atoms with Gasteiger partial charge in [-0.1, -0.05) is 0 Å². The number of piperidine rings is 1. The van der Waals surface area contributed by atoms with E-state index >= 15 is 0 Å². The number of anilines is 2. The SMILES string of the molecule is CC(C)Oc1ncnc(NCCC2CCN(C)CC2)c1N. The molecule has 0 saturated carbocycles. The molecule has 0 spiro atoms. The summed E-state index contributed by atoms with van der Waals surface area (Å²) in [6.45, 7) is 7.19. The normalized spacial score (nSPS) is 17.1. The average Bonchev–Trinajstić information content (AvgIpc) is 2.44. The van der Waals surface area contributed by atoms with Crippen molar-refractivity contribution in [3.8, 4) is 5.88 Å². The summed E-state index contributed by atoms with van der Waals surface area (Å²) in [5.41, 5.74) is 6.54. The highest BCUT2D eigenvalue weighted by atomic mass is 16.5. The van der Waals surface area contributed by atoms with Crippen LogP contribution in [0.1, 0.15) is 33.1 Å². The number of hydrogen-bond acceptors (Lipinski definition) is 6. The number of ether oxygens (including phenoxy) is 1. The fraction of sp³-hybridized carbons (Fsp3) is 0.733. The smallest absolute Gasteiger partial charge is 0.242 e. The first-order valence-corrected chi connectivity index (χ1v) is 7.75. The van der Waals surface area contributed by atoms with Crippen LogP contribution < -0.4 is 15.8 Å². The van der Waals surface area contributed by atoms with Crippen molar-refractivity contribution >= 4 is 11.5 Å². The van der Waals surface area contributed by atoms with Gasteiger partial charge in [-0.2, -0.15) is 4.98 Å². The molecule has 6 heteroatoms. The van der Waals surface area contributed by atoms with E-state index in [0.717, 1.165) is 18.9 Å². The molecule has 1 aliphatic rings. The summed E-state index contributed by atoms with van der Waals surface area (Å²) >= 11 is 0. The van der Waals surface area contributed by atoms with Crippen molar-refractivity contribution < 1.29 is 4.74 Å². The summed E-state index contributed by atoms with van der Waals surface area (Å²) < 4.78 is 5.57. The average molecular weight is 293 g/mol. The number of rotatable bonds is 6. The molecule has 1 aliphatic heterocycles. The van der Waals surface area contributed by atoms with Crippen LogP contribution in [0, 0.1) is 5.92 Å². The van der Waals surface area contributed by atoms with Gasteiger partial charge < -0.3 is 20.7 Å². The molecule has 0 aromatic carbocycles. The highest BCUT2D eigenvalue weighted by Gasteiger charge is 2.16. The maximum Gasteiger partial charge on any atom is 0.242 e. The number of nitrogens with zero attached hydrogens (tertiary/aromatic N) is 3. The number of aromatic nitrogens is 2. The van der Waals surface area contributed by atoms with Gasteiger partial charge in [0.05, 0.1) is 6.10 Å². The highest BCUT2D eigenvalue weighted by molar-refractivity contribution is 5.66. The standard InChI is InChI=1S/C15H27N5O/c1-11(2)21-15-13(16)14(18-10-19-15)17-7-4-12-5-8-20(3)9-6-12/h10-12H,4-9,16H2,1-3H3,(H,17,18,19). The second-order valence-corrected chi connectivity index (χ2v) is 6.07. The van der Waals surface area contributed by atoms with Crippen molar-refractivity contribution in [3.05, 3.63) is 6.33 Å². The second kappa shape index (κ2) is 7.45. The number of nitrogens with two attached hydrogens (primary N) is 1. The van der Waals surface area contributed by atoms with Crippen LogP contribution in [0.4, 0.5) is 11.5 Å². The van der Waals surface area contributed by atoms with Gasteiger partial charge in [-0.05, 0) is 59.2 Å². The van der Waals surface area contributed by atoms with Crippen LogP contribution in [0.25, 0.3) is 0 Å². The molecule has 2 rings (SSSR count). The topological polar surface area (TPSA) is 76.3 Å². The minimum absolute atomic E-state index is 0.0503. The molecule has 2 heterocycles. The molecule has 0 amide bonds. The summed E-state index contributed by atoms with van der Waals surface area (Å²) in [6, 6.07) is 0. The molecule has 1 saturated heterocycles. The molecule has 6 nitrogen and oxygen atoms in total. The third-order valence-corrected chi connectivity index (χ3v) is 3.88. The highest BCUT2D eigenvalue weighted by Crippen LogP contribution is 2.26. The fourth-order valence-corrected chi connectivity index (χ4v) is 2.58. The van der Waals surface area contributed by atoms with Crippen LogP contribution in [0.2, 0.25) is 0 Å². The molecule has 1 aromatic rings. The lowest BCUT2D eigenvalue weighted by Crippen LogP contribution is -2.30. The van der Waals surface area contributed by atoms with Crippen molar-refractivity contribution in [2.75, 3.05) is 37.7 Å². The van der Waals surface area contributed by atoms with Crippen molar-refractivity contribution in [1.82, 2.24) is 14.9 Å². The van der Waals surface area contributed by atoms with Gasteiger partial charge in [0.1, 0.15) is 12.0 Å². The van der Waals surface area contributed by atoms with E-state index in [-0.39, 0.29) is 6.10 Å². The van der Waals surface area contributed by atoms with Gasteiger partial charge in [-0.15, -0.1) is 0 Å². The molecule has 0 bridgehead atoms. The van der Waals surface area contributed by atoms with Crippen LogP contribution >= 0.6 is 0 Å². The van der Waals surface area contributed by atoms with Crippen molar-refractivity contribution in [1.29, 1.82) is 0 Å². The summed E-state index contributed by atoms with van der Waals surface area (Å²) in [6.07, 6.45) is 5.25. The van der Waals surface area contributed by atoms with Gasteiger partial charge >= 0.3 is 0 Å². The molecule has 21 heavy (non-hydrogen) atoms. The molecule has 1 fully saturated rings. The molecular weight excluding hydrogens is 266 g/mol. The first-order chi connectivity index (χ1) is 10.1. The Hall–Kier alpha value is -1.56. The lowest BCUT2D eigenvalue weighted by atomic mass is 9.94. The van der Waals surface area contributed by atoms with E-state index in [1.165, 1.54) is 32.3 Å². The zero-order valence-electron chi connectivity index (χ0n) is 13.3. The minimum Gasteiger partial charge on any atom is -0.473 e. The summed E-state index contributed by atoms with van der Waals surface area (Å²) in [5.74, 6) is 1.93. The molecule has 0 aliphatic carbocycles. The van der Waals surface area contributed by atoms with E-state index in [1.54, 1.807) is 0 Å². The van der Waals surface area contributed by atoms with E-state index in [0.29, 0.717) is 17.4 Å². The Morgan fingerprint density at radius 1 is 1.38 bits per heavy atom. The summed E-state index contributed by atoms with van der Waals surface area (Å²) in [5, 5.41) is 3.32. The zero-order chi connectivity index (χ0) is 15.2. The molecule has 1 aromatic heterocycles. The third-order valence-electron chi connectivity index (χ3n) is 3.88. The Morgan fingerprint density at radius 2 is 2.10 bits per heavy atom. The number of likely N-dealkylation sites (tertiary alicyclic amines) is 1. The van der Waals surface area contributed by atoms with Crippen LogP contribution in [0.15, 0.2) is 6.33 Å². The van der Waals surface area contributed by atoms with Crippen molar-refractivity contribution in [2.24, 2.45) is 5.92 Å². The van der Waals surface area contributed by atoms with Gasteiger partial charge in [-0.3, -0.25) is 0 Å². The van der Waals surface area contributed by atoms with Gasteiger partial charge in [0, 0.05) is 6.54 Å². The molecule has 0 atom stereocenters. The Kier molecular flexibility index (Phi) is 5.61. The lowest BCUT2D eigenvalue weighted by Gasteiger charge is -2.29. The van der Waals surface area contributed by atoms with Crippen molar-refractivity contribution in [2.45, 2.75) is 39.2 Å². The monoisotopic (exact) mass is 293 g/mol. The Morgan fingerprint density at radius 3 is 2.76 bits per heavy atom. The summed E-state index contributed by atoms with van der Waals surface area (Å²) in [7, 11) is 2.19. The van der Waals surface area contributed by atoms with Crippen LogP contribution in [0.3, 0.4) is 0 Å². The number of nitrogen functional groups attached to an aromatic ring is 1. The lowest BCUT2D eigenvalue weighted by molar-refractivity contribution is 0.215. The van der Waals surface area contributed by atoms with Crippen LogP contribution in [-0.2, 0) is 0 Å². The first kappa shape index (κ1) is 15.8. The van der Waals surface area contributed by atoms with E-state index in [1.807, 2.05) is 13.8 Å². The predicted octanol–water partition coefficient (Wildman–Crippen LogP) is 1.99. The van der Waals surface area contributed by atoms with Gasteiger partial charge in [-0.25, -0.2) is 4.98 Å². The largest absolute Gasteiger partial charge is 0.473 e. The maximum atomic E-state index is 6.05. The quantitative estimate of drug-likeness (QED) is 0.835. The van der Waals surface area contributed by atoms with E-state index in [2.05, 4.69) is 27.2 Å². The zero-order valence-corrected chi connectivity index (χ0v) is 13.3. The van der Waals surface area contributed by atoms with E-state index < -0.39 is 0 Å². The molecule has 118 valence electrons. The van der Waals surface area contributed by atoms with Gasteiger partial charge in [0.25, 0.3) is 0 Å². The maximum absolute atomic E-state index is 6.05. The molecular formula is C15H27N5O. The minimum atomic E-state index is 0.0503. The Bertz CT molecular complexity index is 444. The van der Waals surface area contributed by atoms with Gasteiger partial charge in [0.15, 0.2) is 5.82 Å². The van der Waals surface area contributed by atoms with E-state index in [4.69, 9.17) is 10.5 Å².